The second-order valence-electron chi connectivity index (χ2n) is 8.63. The number of hydrogen-bond acceptors (Lipinski definition) is 3. The summed E-state index contributed by atoms with van der Waals surface area (Å²) in [6, 6.07) is 7.46. The SMILES string of the molecule is C#CCN(C(=O)OC(C)(C)C)c1cccc(O[Si](C)(C)C(C)(C)C)c1. The monoisotopic (exact) mass is 361 g/mol. The van der Waals surface area contributed by atoms with Gasteiger partial charge in [-0.05, 0) is 51.0 Å². The first-order valence-corrected chi connectivity index (χ1v) is 11.4. The van der Waals surface area contributed by atoms with Crippen molar-refractivity contribution in [3.8, 4) is 18.1 Å². The van der Waals surface area contributed by atoms with Crippen LogP contribution in [0.4, 0.5) is 10.5 Å². The highest BCUT2D eigenvalue weighted by molar-refractivity contribution is 6.74. The number of benzene rings is 1. The smallest absolute Gasteiger partial charge is 0.415 e. The third-order valence-corrected chi connectivity index (χ3v) is 8.53. The van der Waals surface area contributed by atoms with Gasteiger partial charge in [-0.3, -0.25) is 4.90 Å². The van der Waals surface area contributed by atoms with Crippen LogP contribution in [0.3, 0.4) is 0 Å². The molecule has 5 heteroatoms. The van der Waals surface area contributed by atoms with Gasteiger partial charge < -0.3 is 9.16 Å². The molecule has 0 N–H and O–H groups in total. The number of amides is 1. The van der Waals surface area contributed by atoms with Crippen LogP contribution in [-0.4, -0.2) is 26.6 Å². The van der Waals surface area contributed by atoms with Gasteiger partial charge in [0.15, 0.2) is 0 Å². The highest BCUT2D eigenvalue weighted by atomic mass is 28.4. The quantitative estimate of drug-likeness (QED) is 0.529. The number of nitrogens with zero attached hydrogens (tertiary/aromatic N) is 1. The Morgan fingerprint density at radius 3 is 2.28 bits per heavy atom. The first-order valence-electron chi connectivity index (χ1n) is 8.50. The molecule has 0 fully saturated rings. The lowest BCUT2D eigenvalue weighted by Crippen LogP contribution is -2.44. The third-order valence-electron chi connectivity index (χ3n) is 4.17. The van der Waals surface area contributed by atoms with Crippen molar-refractivity contribution in [3.63, 3.8) is 0 Å². The second-order valence-corrected chi connectivity index (χ2v) is 13.4. The van der Waals surface area contributed by atoms with E-state index in [9.17, 15) is 4.79 Å². The minimum atomic E-state index is -1.96. The first-order chi connectivity index (χ1) is 11.3. The zero-order valence-electron chi connectivity index (χ0n) is 16.8. The second kappa shape index (κ2) is 7.53. The molecule has 0 bridgehead atoms. The molecule has 4 nitrogen and oxygen atoms in total. The standard InChI is InChI=1S/C20H31NO3Si/c1-10-14-21(18(22)23-19(2,3)4)16-12-11-13-17(15-16)24-25(8,9)20(5,6)7/h1,11-13,15H,14H2,2-9H3. The number of hydrogen-bond donors (Lipinski definition) is 0. The Hall–Kier alpha value is -1.93. The summed E-state index contributed by atoms with van der Waals surface area (Å²) in [6.07, 6.45) is 4.98. The fourth-order valence-corrected chi connectivity index (χ4v) is 2.85. The van der Waals surface area contributed by atoms with E-state index in [4.69, 9.17) is 15.6 Å². The predicted octanol–water partition coefficient (Wildman–Crippen LogP) is 5.45. The van der Waals surface area contributed by atoms with E-state index in [0.717, 1.165) is 5.75 Å². The lowest BCUT2D eigenvalue weighted by atomic mass is 10.2. The van der Waals surface area contributed by atoms with Crippen molar-refractivity contribution in [1.82, 2.24) is 0 Å². The van der Waals surface area contributed by atoms with Crippen LogP contribution in [0.1, 0.15) is 41.5 Å². The number of rotatable bonds is 4. The molecule has 0 saturated heterocycles. The number of anilines is 1. The fourth-order valence-electron chi connectivity index (χ4n) is 1.83. The Morgan fingerprint density at radius 2 is 1.80 bits per heavy atom. The molecule has 25 heavy (non-hydrogen) atoms. The van der Waals surface area contributed by atoms with Gasteiger partial charge in [-0.15, -0.1) is 6.42 Å². The minimum absolute atomic E-state index is 0.0900. The van der Waals surface area contributed by atoms with Gasteiger partial charge in [0.2, 0.25) is 8.32 Å². The molecule has 1 aromatic rings. The summed E-state index contributed by atoms with van der Waals surface area (Å²) in [4.78, 5) is 13.9. The lowest BCUT2D eigenvalue weighted by molar-refractivity contribution is 0.0585. The van der Waals surface area contributed by atoms with Crippen molar-refractivity contribution in [2.24, 2.45) is 0 Å². The summed E-state index contributed by atoms with van der Waals surface area (Å²) in [7, 11) is -1.96. The van der Waals surface area contributed by atoms with E-state index in [1.54, 1.807) is 0 Å². The van der Waals surface area contributed by atoms with Crippen LogP contribution < -0.4 is 9.33 Å². The summed E-state index contributed by atoms with van der Waals surface area (Å²) in [6.45, 7) is 16.6. The lowest BCUT2D eigenvalue weighted by Gasteiger charge is -2.36. The molecule has 0 aliphatic carbocycles. The van der Waals surface area contributed by atoms with Crippen LogP contribution in [0, 0.1) is 12.3 Å². The van der Waals surface area contributed by atoms with Gasteiger partial charge in [0.05, 0.1) is 12.2 Å². The first kappa shape index (κ1) is 21.1. The van der Waals surface area contributed by atoms with Crippen LogP contribution >= 0.6 is 0 Å². The van der Waals surface area contributed by atoms with Crippen molar-refractivity contribution in [2.75, 3.05) is 11.4 Å². The van der Waals surface area contributed by atoms with E-state index in [0.29, 0.717) is 5.69 Å². The minimum Gasteiger partial charge on any atom is -0.543 e. The van der Waals surface area contributed by atoms with Gasteiger partial charge in [-0.1, -0.05) is 32.8 Å². The average molecular weight is 362 g/mol. The maximum atomic E-state index is 12.5. The van der Waals surface area contributed by atoms with Gasteiger partial charge in [-0.2, -0.15) is 0 Å². The van der Waals surface area contributed by atoms with Gasteiger partial charge >= 0.3 is 6.09 Å². The normalized spacial score (nSPS) is 12.3. The van der Waals surface area contributed by atoms with E-state index < -0.39 is 20.0 Å². The molecular weight excluding hydrogens is 330 g/mol. The molecule has 0 aliphatic heterocycles. The molecule has 138 valence electrons. The summed E-state index contributed by atoms with van der Waals surface area (Å²) >= 11 is 0. The zero-order valence-corrected chi connectivity index (χ0v) is 17.8. The summed E-state index contributed by atoms with van der Waals surface area (Å²) in [5.74, 6) is 3.26. The Bertz CT molecular complexity index is 648. The van der Waals surface area contributed by atoms with E-state index in [-0.39, 0.29) is 11.6 Å². The van der Waals surface area contributed by atoms with Gasteiger partial charge in [-0.25, -0.2) is 4.79 Å². The largest absolute Gasteiger partial charge is 0.543 e. The predicted molar refractivity (Wildman–Crippen MR) is 107 cm³/mol. The summed E-state index contributed by atoms with van der Waals surface area (Å²) in [5, 5.41) is 0.0900. The highest BCUT2D eigenvalue weighted by Crippen LogP contribution is 2.38. The molecule has 1 aromatic carbocycles. The van der Waals surface area contributed by atoms with E-state index in [2.05, 4.69) is 39.8 Å². The molecule has 0 radical (unpaired) electrons. The van der Waals surface area contributed by atoms with Crippen LogP contribution in [-0.2, 0) is 4.74 Å². The maximum absolute atomic E-state index is 12.5. The van der Waals surface area contributed by atoms with Crippen molar-refractivity contribution in [1.29, 1.82) is 0 Å². The van der Waals surface area contributed by atoms with Crippen molar-refractivity contribution >= 4 is 20.1 Å². The zero-order chi connectivity index (χ0) is 19.5. The molecule has 0 saturated carbocycles. The van der Waals surface area contributed by atoms with Crippen molar-refractivity contribution in [2.45, 2.75) is 65.3 Å². The molecular formula is C20H31NO3Si. The molecule has 0 heterocycles. The van der Waals surface area contributed by atoms with E-state index in [1.165, 1.54) is 4.90 Å². The highest BCUT2D eigenvalue weighted by Gasteiger charge is 2.39. The molecule has 1 amide bonds. The Balaban J connectivity index is 3.11. The van der Waals surface area contributed by atoms with Crippen LogP contribution in [0.2, 0.25) is 18.1 Å². The number of carbonyl (C=O) groups excluding carboxylic acids is 1. The van der Waals surface area contributed by atoms with Gasteiger partial charge in [0, 0.05) is 6.07 Å². The van der Waals surface area contributed by atoms with E-state index in [1.807, 2.05) is 45.0 Å². The van der Waals surface area contributed by atoms with Crippen molar-refractivity contribution in [3.05, 3.63) is 24.3 Å². The Morgan fingerprint density at radius 1 is 1.20 bits per heavy atom. The van der Waals surface area contributed by atoms with Crippen LogP contribution in [0.25, 0.3) is 0 Å². The van der Waals surface area contributed by atoms with Crippen molar-refractivity contribution < 1.29 is 14.0 Å². The number of carbonyl (C=O) groups is 1. The summed E-state index contributed by atoms with van der Waals surface area (Å²) in [5.41, 5.74) is 0.0857. The number of terminal acetylenes is 1. The topological polar surface area (TPSA) is 38.8 Å². The Labute approximate surface area is 153 Å². The molecule has 0 unspecified atom stereocenters. The molecule has 0 aliphatic rings. The molecule has 0 aromatic heterocycles. The molecule has 0 spiro atoms. The summed E-state index contributed by atoms with van der Waals surface area (Å²) < 4.78 is 11.8. The molecule has 1 rings (SSSR count). The van der Waals surface area contributed by atoms with Crippen LogP contribution in [0.5, 0.6) is 5.75 Å². The Kier molecular flexibility index (Phi) is 6.36. The fraction of sp³-hybridized carbons (Fsp3) is 0.550. The van der Waals surface area contributed by atoms with E-state index >= 15 is 0 Å². The number of ether oxygens (including phenoxy) is 1. The average Bonchev–Trinajstić information content (AvgIpc) is 2.41. The molecule has 0 atom stereocenters. The maximum Gasteiger partial charge on any atom is 0.415 e. The van der Waals surface area contributed by atoms with Gasteiger partial charge in [0.1, 0.15) is 11.4 Å². The van der Waals surface area contributed by atoms with Crippen LogP contribution in [0.15, 0.2) is 24.3 Å². The third kappa shape index (κ3) is 6.13. The van der Waals surface area contributed by atoms with Gasteiger partial charge in [0.25, 0.3) is 0 Å².